The molecule has 35 heavy (non-hydrogen) atoms. The van der Waals surface area contributed by atoms with E-state index < -0.39 is 21.3 Å². The summed E-state index contributed by atoms with van der Waals surface area (Å²) in [7, 11) is -3.27. The maximum absolute atomic E-state index is 13.6. The highest BCUT2D eigenvalue weighted by molar-refractivity contribution is 7.91. The Kier molecular flexibility index (Phi) is 8.21. The number of hydrogen-bond donors (Lipinski definition) is 1. The molecule has 0 aliphatic carbocycles. The van der Waals surface area contributed by atoms with E-state index in [4.69, 9.17) is 16.3 Å². The number of carbonyl (C=O) groups excluding carboxylic acids is 1. The van der Waals surface area contributed by atoms with Crippen molar-refractivity contribution in [2.45, 2.75) is 37.7 Å². The van der Waals surface area contributed by atoms with Crippen LogP contribution in [-0.2, 0) is 21.1 Å². The van der Waals surface area contributed by atoms with Crippen molar-refractivity contribution in [3.05, 3.63) is 88.7 Å². The first-order valence-corrected chi connectivity index (χ1v) is 12.9. The molecule has 0 aromatic heterocycles. The van der Waals surface area contributed by atoms with Gasteiger partial charge in [0.25, 0.3) is 0 Å². The van der Waals surface area contributed by atoms with Crippen molar-refractivity contribution in [2.75, 3.05) is 11.1 Å². The standard InChI is InChI=1S/C27H25ClFNO4S/c1-4-35(32,33)23-12-7-20(8-13-23)17-26(31)30-21-9-5-19(6-10-21)15-16-27(2,3)34-22-11-14-24(28)25(29)18-22/h5-14,18H,4,17H2,1-3H3,(H,30,31). The van der Waals surface area contributed by atoms with Gasteiger partial charge in [0.2, 0.25) is 5.91 Å². The van der Waals surface area contributed by atoms with Crippen LogP contribution in [0.5, 0.6) is 5.75 Å². The first kappa shape index (κ1) is 26.3. The minimum Gasteiger partial charge on any atom is -0.475 e. The second-order valence-corrected chi connectivity index (χ2v) is 11.0. The van der Waals surface area contributed by atoms with Crippen LogP contribution < -0.4 is 10.1 Å². The summed E-state index contributed by atoms with van der Waals surface area (Å²) in [6, 6.07) is 17.5. The van der Waals surface area contributed by atoms with Gasteiger partial charge in [0.15, 0.2) is 15.4 Å². The molecule has 0 radical (unpaired) electrons. The number of anilines is 1. The van der Waals surface area contributed by atoms with Gasteiger partial charge < -0.3 is 10.1 Å². The molecule has 1 N–H and O–H groups in total. The molecule has 0 atom stereocenters. The Labute approximate surface area is 210 Å². The monoisotopic (exact) mass is 513 g/mol. The van der Waals surface area contributed by atoms with Gasteiger partial charge in [0, 0.05) is 17.3 Å². The molecule has 0 heterocycles. The topological polar surface area (TPSA) is 72.5 Å². The normalized spacial score (nSPS) is 11.3. The molecule has 0 aliphatic heterocycles. The van der Waals surface area contributed by atoms with Crippen molar-refractivity contribution in [3.8, 4) is 17.6 Å². The van der Waals surface area contributed by atoms with Gasteiger partial charge in [-0.2, -0.15) is 0 Å². The van der Waals surface area contributed by atoms with Crippen LogP contribution in [0.2, 0.25) is 5.02 Å². The lowest BCUT2D eigenvalue weighted by molar-refractivity contribution is -0.115. The third kappa shape index (κ3) is 7.57. The lowest BCUT2D eigenvalue weighted by atomic mass is 10.1. The predicted octanol–water partition coefficient (Wildman–Crippen LogP) is 5.66. The SMILES string of the molecule is CCS(=O)(=O)c1ccc(CC(=O)Nc2ccc(C#CC(C)(C)Oc3ccc(Cl)c(F)c3)cc2)cc1. The van der Waals surface area contributed by atoms with Crippen LogP contribution >= 0.6 is 11.6 Å². The summed E-state index contributed by atoms with van der Waals surface area (Å²) < 4.78 is 43.2. The number of benzene rings is 3. The van der Waals surface area contributed by atoms with Gasteiger partial charge in [-0.05, 0) is 67.9 Å². The highest BCUT2D eigenvalue weighted by Crippen LogP contribution is 2.24. The highest BCUT2D eigenvalue weighted by Gasteiger charge is 2.17. The molecule has 8 heteroatoms. The summed E-state index contributed by atoms with van der Waals surface area (Å²) in [5.41, 5.74) is 1.16. The number of hydrogen-bond acceptors (Lipinski definition) is 4. The number of ether oxygens (including phenoxy) is 1. The molecule has 1 amide bonds. The van der Waals surface area contributed by atoms with Crippen molar-refractivity contribution in [3.63, 3.8) is 0 Å². The van der Waals surface area contributed by atoms with Crippen molar-refractivity contribution in [1.29, 1.82) is 0 Å². The zero-order valence-electron chi connectivity index (χ0n) is 19.6. The van der Waals surface area contributed by atoms with Crippen LogP contribution in [0.25, 0.3) is 0 Å². The Morgan fingerprint density at radius 2 is 1.71 bits per heavy atom. The lowest BCUT2D eigenvalue weighted by Gasteiger charge is -2.20. The van der Waals surface area contributed by atoms with E-state index in [2.05, 4.69) is 17.2 Å². The van der Waals surface area contributed by atoms with Gasteiger partial charge in [0.05, 0.1) is 22.1 Å². The zero-order valence-corrected chi connectivity index (χ0v) is 21.1. The van der Waals surface area contributed by atoms with E-state index in [1.807, 2.05) is 0 Å². The van der Waals surface area contributed by atoms with Crippen LogP contribution in [0, 0.1) is 17.7 Å². The van der Waals surface area contributed by atoms with Crippen molar-refractivity contribution in [1.82, 2.24) is 0 Å². The lowest BCUT2D eigenvalue weighted by Crippen LogP contribution is -2.25. The quantitative estimate of drug-likeness (QED) is 0.413. The van der Waals surface area contributed by atoms with Gasteiger partial charge in [0.1, 0.15) is 11.6 Å². The summed E-state index contributed by atoms with van der Waals surface area (Å²) >= 11 is 5.70. The molecule has 3 aromatic rings. The molecule has 0 saturated heterocycles. The van der Waals surface area contributed by atoms with Gasteiger partial charge >= 0.3 is 0 Å². The van der Waals surface area contributed by atoms with Crippen molar-refractivity contribution < 1.29 is 22.3 Å². The number of rotatable bonds is 7. The highest BCUT2D eigenvalue weighted by atomic mass is 35.5. The molecule has 0 fully saturated rings. The molecule has 0 saturated carbocycles. The van der Waals surface area contributed by atoms with Crippen LogP contribution in [-0.4, -0.2) is 25.7 Å². The second-order valence-electron chi connectivity index (χ2n) is 8.29. The number of sulfone groups is 1. The van der Waals surface area contributed by atoms with Gasteiger partial charge in [-0.15, -0.1) is 0 Å². The van der Waals surface area contributed by atoms with Gasteiger partial charge in [-0.3, -0.25) is 4.79 Å². The molecular weight excluding hydrogens is 489 g/mol. The largest absolute Gasteiger partial charge is 0.475 e. The van der Waals surface area contributed by atoms with E-state index in [1.54, 1.807) is 63.2 Å². The molecule has 182 valence electrons. The average Bonchev–Trinajstić information content (AvgIpc) is 2.81. The van der Waals surface area contributed by atoms with E-state index in [0.717, 1.165) is 5.56 Å². The molecule has 0 unspecified atom stereocenters. The van der Waals surface area contributed by atoms with E-state index in [9.17, 15) is 17.6 Å². The smallest absolute Gasteiger partial charge is 0.228 e. The fourth-order valence-corrected chi connectivity index (χ4v) is 4.09. The molecule has 0 bridgehead atoms. The summed E-state index contributed by atoms with van der Waals surface area (Å²) in [6.07, 6.45) is 0.116. The minimum atomic E-state index is -3.27. The second kappa shape index (κ2) is 10.9. The Bertz CT molecular complexity index is 1370. The fourth-order valence-electron chi connectivity index (χ4n) is 3.09. The molecule has 5 nitrogen and oxygen atoms in total. The van der Waals surface area contributed by atoms with Gasteiger partial charge in [-0.25, -0.2) is 12.8 Å². The first-order valence-electron chi connectivity index (χ1n) is 10.9. The van der Waals surface area contributed by atoms with E-state index in [-0.39, 0.29) is 28.0 Å². The maximum atomic E-state index is 13.6. The number of amides is 1. The van der Waals surface area contributed by atoms with Crippen LogP contribution in [0.4, 0.5) is 10.1 Å². The zero-order chi connectivity index (χ0) is 25.6. The molecule has 3 aromatic carbocycles. The number of carbonyl (C=O) groups is 1. The summed E-state index contributed by atoms with van der Waals surface area (Å²) in [5.74, 6) is 5.60. The Hall–Kier alpha value is -3.34. The van der Waals surface area contributed by atoms with Crippen molar-refractivity contribution >= 4 is 33.0 Å². The predicted molar refractivity (Wildman–Crippen MR) is 136 cm³/mol. The van der Waals surface area contributed by atoms with E-state index >= 15 is 0 Å². The van der Waals surface area contributed by atoms with Crippen molar-refractivity contribution in [2.24, 2.45) is 0 Å². The van der Waals surface area contributed by atoms with Crippen LogP contribution in [0.3, 0.4) is 0 Å². The third-order valence-electron chi connectivity index (χ3n) is 4.97. The number of halogens is 2. The Morgan fingerprint density at radius 1 is 1.06 bits per heavy atom. The van der Waals surface area contributed by atoms with Gasteiger partial charge in [-0.1, -0.05) is 42.5 Å². The Balaban J connectivity index is 1.58. The summed E-state index contributed by atoms with van der Waals surface area (Å²) in [5, 5.41) is 2.83. The van der Waals surface area contributed by atoms with Crippen LogP contribution in [0.15, 0.2) is 71.6 Å². The molecule has 3 rings (SSSR count). The average molecular weight is 514 g/mol. The summed E-state index contributed by atoms with van der Waals surface area (Å²) in [6.45, 7) is 5.13. The van der Waals surface area contributed by atoms with E-state index in [0.29, 0.717) is 17.0 Å². The first-order chi connectivity index (χ1) is 16.5. The number of nitrogens with one attached hydrogen (secondary N) is 1. The third-order valence-corrected chi connectivity index (χ3v) is 7.02. The fraction of sp³-hybridized carbons (Fsp3) is 0.222. The minimum absolute atomic E-state index is 0.0220. The van der Waals surface area contributed by atoms with Crippen LogP contribution in [0.1, 0.15) is 31.9 Å². The maximum Gasteiger partial charge on any atom is 0.228 e. The Morgan fingerprint density at radius 3 is 2.31 bits per heavy atom. The molecule has 0 spiro atoms. The molecular formula is C27H25ClFNO4S. The molecule has 0 aliphatic rings. The van der Waals surface area contributed by atoms with E-state index in [1.165, 1.54) is 24.3 Å². The summed E-state index contributed by atoms with van der Waals surface area (Å²) in [4.78, 5) is 12.6.